The van der Waals surface area contributed by atoms with Gasteiger partial charge in [-0.05, 0) is 43.5 Å². The van der Waals surface area contributed by atoms with Gasteiger partial charge in [-0.2, -0.15) is 0 Å². The van der Waals surface area contributed by atoms with Crippen molar-refractivity contribution in [1.82, 2.24) is 14.8 Å². The molecule has 2 aromatic rings. The highest BCUT2D eigenvalue weighted by atomic mass is 16.5. The number of likely N-dealkylation sites (tertiary alicyclic amines) is 1. The molecule has 0 saturated carbocycles. The zero-order valence-electron chi connectivity index (χ0n) is 21.6. The smallest absolute Gasteiger partial charge is 0.354 e. The molecule has 0 bridgehead atoms. The van der Waals surface area contributed by atoms with Gasteiger partial charge in [-0.25, -0.2) is 4.79 Å². The fourth-order valence-corrected chi connectivity index (χ4v) is 5.08. The first-order valence-corrected chi connectivity index (χ1v) is 12.3. The Hall–Kier alpha value is -3.63. The maximum Gasteiger partial charge on any atom is 0.354 e. The third kappa shape index (κ3) is 5.12. The number of aryl methyl sites for hydroxylation is 1. The van der Waals surface area contributed by atoms with E-state index in [9.17, 15) is 19.5 Å². The molecule has 1 aromatic carbocycles. The van der Waals surface area contributed by atoms with Gasteiger partial charge in [0.25, 0.3) is 11.7 Å². The summed E-state index contributed by atoms with van der Waals surface area (Å²) in [5.41, 5.74) is 2.08. The van der Waals surface area contributed by atoms with Crippen LogP contribution in [0.5, 0.6) is 5.75 Å². The van der Waals surface area contributed by atoms with Crippen LogP contribution in [0.25, 0.3) is 5.76 Å². The molecule has 1 amide bonds. The van der Waals surface area contributed by atoms with Crippen LogP contribution in [0.2, 0.25) is 0 Å². The Morgan fingerprint density at radius 3 is 2.41 bits per heavy atom. The summed E-state index contributed by atoms with van der Waals surface area (Å²) >= 11 is 0. The maximum atomic E-state index is 13.4. The standard InChI is InChI=1S/C27H33N3O7/c1-16-20(17(2)28-22(16)27(34)36-4)24(31)21-23(18-6-8-19(35-3)9-7-18)30(26(33)25(21)32)11-5-10-29-12-14-37-15-13-29/h6-9,23,28,31H,5,10-15H2,1-4H3. The molecule has 10 nitrogen and oxygen atoms in total. The van der Waals surface area contributed by atoms with Gasteiger partial charge in [0.1, 0.15) is 17.2 Å². The predicted molar refractivity (Wildman–Crippen MR) is 135 cm³/mol. The zero-order valence-corrected chi connectivity index (χ0v) is 21.6. The number of amides is 1. The second kappa shape index (κ2) is 11.2. The van der Waals surface area contributed by atoms with Crippen LogP contribution >= 0.6 is 0 Å². The van der Waals surface area contributed by atoms with E-state index in [0.717, 1.165) is 19.6 Å². The Balaban J connectivity index is 1.74. The van der Waals surface area contributed by atoms with Crippen molar-refractivity contribution in [2.24, 2.45) is 0 Å². The van der Waals surface area contributed by atoms with Crippen molar-refractivity contribution in [2.75, 3.05) is 53.6 Å². The molecule has 1 atom stereocenters. The number of benzene rings is 1. The number of nitrogens with zero attached hydrogens (tertiary/aromatic N) is 2. The number of carbonyl (C=O) groups is 3. The number of aliphatic hydroxyl groups excluding tert-OH is 1. The van der Waals surface area contributed by atoms with E-state index in [1.54, 1.807) is 45.2 Å². The molecule has 37 heavy (non-hydrogen) atoms. The number of nitrogens with one attached hydrogen (secondary N) is 1. The Morgan fingerprint density at radius 1 is 1.11 bits per heavy atom. The number of carbonyl (C=O) groups excluding carboxylic acids is 3. The van der Waals surface area contributed by atoms with Gasteiger partial charge in [-0.1, -0.05) is 12.1 Å². The van der Waals surface area contributed by atoms with Gasteiger partial charge in [-0.15, -0.1) is 0 Å². The number of hydrogen-bond acceptors (Lipinski definition) is 8. The molecule has 2 saturated heterocycles. The van der Waals surface area contributed by atoms with Crippen LogP contribution in [0.15, 0.2) is 29.8 Å². The summed E-state index contributed by atoms with van der Waals surface area (Å²) in [6.45, 7) is 7.47. The first kappa shape index (κ1) is 26.4. The molecule has 2 fully saturated rings. The molecule has 0 radical (unpaired) electrons. The third-order valence-corrected chi connectivity index (χ3v) is 7.01. The summed E-state index contributed by atoms with van der Waals surface area (Å²) in [4.78, 5) is 45.5. The van der Waals surface area contributed by atoms with Gasteiger partial charge >= 0.3 is 5.97 Å². The highest BCUT2D eigenvalue weighted by Gasteiger charge is 2.46. The Morgan fingerprint density at radius 2 is 1.78 bits per heavy atom. The number of morpholine rings is 1. The molecule has 1 unspecified atom stereocenters. The number of esters is 1. The average molecular weight is 512 g/mol. The van der Waals surface area contributed by atoms with Crippen molar-refractivity contribution in [3.63, 3.8) is 0 Å². The van der Waals surface area contributed by atoms with E-state index in [1.807, 2.05) is 0 Å². The van der Waals surface area contributed by atoms with Crippen molar-refractivity contribution in [3.8, 4) is 5.75 Å². The van der Waals surface area contributed by atoms with Gasteiger partial charge in [0.15, 0.2) is 0 Å². The number of aromatic amines is 1. The van der Waals surface area contributed by atoms with E-state index >= 15 is 0 Å². The van der Waals surface area contributed by atoms with Crippen LogP contribution < -0.4 is 4.74 Å². The van der Waals surface area contributed by atoms with Crippen LogP contribution in [-0.2, 0) is 19.1 Å². The molecule has 0 aliphatic carbocycles. The summed E-state index contributed by atoms with van der Waals surface area (Å²) < 4.78 is 15.5. The molecule has 0 spiro atoms. The largest absolute Gasteiger partial charge is 0.507 e. The number of ketones is 1. The Bertz CT molecular complexity index is 1210. The van der Waals surface area contributed by atoms with Gasteiger partial charge in [-0.3, -0.25) is 14.5 Å². The van der Waals surface area contributed by atoms with Crippen molar-refractivity contribution in [1.29, 1.82) is 0 Å². The molecule has 2 aliphatic rings. The fourth-order valence-electron chi connectivity index (χ4n) is 5.08. The maximum absolute atomic E-state index is 13.4. The van der Waals surface area contributed by atoms with Crippen LogP contribution in [0.3, 0.4) is 0 Å². The molecular weight excluding hydrogens is 478 g/mol. The number of ether oxygens (including phenoxy) is 3. The lowest BCUT2D eigenvalue weighted by Crippen LogP contribution is -2.38. The summed E-state index contributed by atoms with van der Waals surface area (Å²) in [5, 5.41) is 11.5. The van der Waals surface area contributed by atoms with Crippen molar-refractivity contribution < 1.29 is 33.7 Å². The van der Waals surface area contributed by atoms with Gasteiger partial charge in [0, 0.05) is 37.4 Å². The minimum absolute atomic E-state index is 0.0110. The average Bonchev–Trinajstić information content (AvgIpc) is 3.35. The Kier molecular flexibility index (Phi) is 7.99. The second-order valence-electron chi connectivity index (χ2n) is 9.19. The van der Waals surface area contributed by atoms with E-state index in [2.05, 4.69) is 9.88 Å². The minimum Gasteiger partial charge on any atom is -0.507 e. The molecule has 1 aromatic heterocycles. The lowest BCUT2D eigenvalue weighted by atomic mass is 9.94. The van der Waals surface area contributed by atoms with Crippen LogP contribution in [0.1, 0.15) is 45.3 Å². The molecule has 10 heteroatoms. The fraction of sp³-hybridized carbons (Fsp3) is 0.444. The van der Waals surface area contributed by atoms with E-state index < -0.39 is 23.7 Å². The lowest BCUT2D eigenvalue weighted by molar-refractivity contribution is -0.140. The van der Waals surface area contributed by atoms with E-state index in [1.165, 1.54) is 12.0 Å². The normalized spacial score (nSPS) is 19.9. The molecule has 3 heterocycles. The molecule has 198 valence electrons. The SMILES string of the molecule is COC(=O)c1[nH]c(C)c(C(O)=C2C(=O)C(=O)N(CCCN3CCOCC3)C2c2ccc(OC)cc2)c1C. The number of Topliss-reactive ketones (excluding diaryl/α,β-unsaturated/α-hetero) is 1. The van der Waals surface area contributed by atoms with Crippen LogP contribution in [0, 0.1) is 13.8 Å². The van der Waals surface area contributed by atoms with Crippen molar-refractivity contribution in [2.45, 2.75) is 26.3 Å². The Labute approximate surface area is 215 Å². The molecule has 2 N–H and O–H groups in total. The number of methoxy groups -OCH3 is 2. The summed E-state index contributed by atoms with van der Waals surface area (Å²) in [7, 11) is 2.83. The third-order valence-electron chi connectivity index (χ3n) is 7.01. The van der Waals surface area contributed by atoms with E-state index in [4.69, 9.17) is 14.2 Å². The minimum atomic E-state index is -0.786. The quantitative estimate of drug-likeness (QED) is 0.240. The number of hydrogen-bond donors (Lipinski definition) is 2. The highest BCUT2D eigenvalue weighted by molar-refractivity contribution is 6.46. The number of H-pyrrole nitrogens is 1. The first-order valence-electron chi connectivity index (χ1n) is 12.3. The predicted octanol–water partition coefficient (Wildman–Crippen LogP) is 2.57. The van der Waals surface area contributed by atoms with Crippen LogP contribution in [-0.4, -0.2) is 91.2 Å². The summed E-state index contributed by atoms with van der Waals surface area (Å²) in [6.07, 6.45) is 0.661. The van der Waals surface area contributed by atoms with Crippen molar-refractivity contribution in [3.05, 3.63) is 57.9 Å². The summed E-state index contributed by atoms with van der Waals surface area (Å²) in [5.74, 6) is -1.70. The van der Waals surface area contributed by atoms with E-state index in [-0.39, 0.29) is 17.0 Å². The number of aliphatic hydroxyl groups is 1. The van der Waals surface area contributed by atoms with E-state index in [0.29, 0.717) is 54.3 Å². The zero-order chi connectivity index (χ0) is 26.7. The second-order valence-corrected chi connectivity index (χ2v) is 9.19. The first-order chi connectivity index (χ1) is 17.8. The number of rotatable bonds is 8. The molecule has 4 rings (SSSR count). The molecule has 2 aliphatic heterocycles. The molecular formula is C27H33N3O7. The topological polar surface area (TPSA) is 121 Å². The van der Waals surface area contributed by atoms with Gasteiger partial charge < -0.3 is 29.2 Å². The van der Waals surface area contributed by atoms with Crippen molar-refractivity contribution >= 4 is 23.4 Å². The van der Waals surface area contributed by atoms with Gasteiger partial charge in [0.2, 0.25) is 0 Å². The summed E-state index contributed by atoms with van der Waals surface area (Å²) in [6, 6.07) is 6.30. The lowest BCUT2D eigenvalue weighted by Gasteiger charge is -2.29. The highest BCUT2D eigenvalue weighted by Crippen LogP contribution is 2.41. The van der Waals surface area contributed by atoms with Crippen LogP contribution in [0.4, 0.5) is 0 Å². The van der Waals surface area contributed by atoms with Gasteiger partial charge in [0.05, 0.1) is 39.0 Å². The number of aromatic nitrogens is 1. The monoisotopic (exact) mass is 511 g/mol.